The molecule has 1 fully saturated rings. The molecule has 1 heterocycles. The fraction of sp³-hybridized carbons (Fsp3) is 0.263. The van der Waals surface area contributed by atoms with Gasteiger partial charge >= 0.3 is 11.8 Å². The van der Waals surface area contributed by atoms with Crippen molar-refractivity contribution in [3.05, 3.63) is 70.3 Å². The third-order valence-electron chi connectivity index (χ3n) is 4.23. The van der Waals surface area contributed by atoms with Crippen molar-refractivity contribution in [3.63, 3.8) is 0 Å². The number of benzene rings is 2. The lowest BCUT2D eigenvalue weighted by molar-refractivity contribution is -0.384. The predicted octanol–water partition coefficient (Wildman–Crippen LogP) is 2.52. The fourth-order valence-electron chi connectivity index (χ4n) is 2.99. The second kappa shape index (κ2) is 7.96. The monoisotopic (exact) mass is 369 g/mol. The summed E-state index contributed by atoms with van der Waals surface area (Å²) in [4.78, 5) is 36.6. The van der Waals surface area contributed by atoms with Crippen LogP contribution >= 0.6 is 0 Å². The minimum atomic E-state index is -0.837. The van der Waals surface area contributed by atoms with Crippen molar-refractivity contribution in [1.82, 2.24) is 4.90 Å². The Morgan fingerprint density at radius 2 is 1.89 bits per heavy atom. The third-order valence-corrected chi connectivity index (χ3v) is 4.23. The van der Waals surface area contributed by atoms with Crippen LogP contribution in [0, 0.1) is 10.1 Å². The molecule has 1 aliphatic rings. The maximum atomic E-state index is 12.6. The highest BCUT2D eigenvalue weighted by Crippen LogP contribution is 2.25. The van der Waals surface area contributed by atoms with Gasteiger partial charge in [-0.25, -0.2) is 0 Å². The lowest BCUT2D eigenvalue weighted by Crippen LogP contribution is -2.49. The molecule has 1 aliphatic heterocycles. The zero-order chi connectivity index (χ0) is 19.4. The number of hydrogen-bond donors (Lipinski definition) is 1. The number of carbonyl (C=O) groups excluding carboxylic acids is 2. The Labute approximate surface area is 155 Å². The van der Waals surface area contributed by atoms with E-state index in [1.165, 1.54) is 29.2 Å². The van der Waals surface area contributed by atoms with E-state index in [2.05, 4.69) is 5.32 Å². The first-order valence-corrected chi connectivity index (χ1v) is 8.49. The third kappa shape index (κ3) is 4.48. The first kappa shape index (κ1) is 18.5. The number of nitrogens with one attached hydrogen (secondary N) is 1. The van der Waals surface area contributed by atoms with Crippen molar-refractivity contribution >= 4 is 23.2 Å². The lowest BCUT2D eigenvalue weighted by atomic mass is 10.1. The summed E-state index contributed by atoms with van der Waals surface area (Å²) < 4.78 is 5.89. The van der Waals surface area contributed by atoms with Gasteiger partial charge in [0.2, 0.25) is 0 Å². The number of nitro benzene ring substituents is 1. The molecule has 8 nitrogen and oxygen atoms in total. The number of carbonyl (C=O) groups is 2. The SMILES string of the molecule is C[C@@H]1CN(C(=O)C(=O)Nc2cccc([N+](=O)[O-])c2)C[C@@H](c2ccccc2)O1. The van der Waals surface area contributed by atoms with Gasteiger partial charge in [0.05, 0.1) is 17.6 Å². The molecule has 0 saturated carbocycles. The Morgan fingerprint density at radius 1 is 1.15 bits per heavy atom. The van der Waals surface area contributed by atoms with Crippen molar-refractivity contribution in [2.45, 2.75) is 19.1 Å². The fourth-order valence-corrected chi connectivity index (χ4v) is 2.99. The molecule has 2 aromatic rings. The van der Waals surface area contributed by atoms with Gasteiger partial charge in [-0.3, -0.25) is 19.7 Å². The van der Waals surface area contributed by atoms with E-state index in [4.69, 9.17) is 4.74 Å². The molecule has 3 rings (SSSR count). The quantitative estimate of drug-likeness (QED) is 0.509. The molecule has 0 bridgehead atoms. The normalized spacial score (nSPS) is 19.4. The molecular weight excluding hydrogens is 350 g/mol. The Balaban J connectivity index is 1.69. The van der Waals surface area contributed by atoms with Crippen LogP contribution in [0.25, 0.3) is 0 Å². The summed E-state index contributed by atoms with van der Waals surface area (Å²) in [5.74, 6) is -1.53. The van der Waals surface area contributed by atoms with Crippen LogP contribution in [0.5, 0.6) is 0 Å². The summed E-state index contributed by atoms with van der Waals surface area (Å²) in [6.45, 7) is 2.40. The largest absolute Gasteiger partial charge is 0.367 e. The molecule has 0 unspecified atom stereocenters. The molecule has 0 aliphatic carbocycles. The second-order valence-electron chi connectivity index (χ2n) is 6.32. The van der Waals surface area contributed by atoms with Gasteiger partial charge in [0.15, 0.2) is 0 Å². The first-order chi connectivity index (χ1) is 12.9. The van der Waals surface area contributed by atoms with Crippen molar-refractivity contribution in [2.75, 3.05) is 18.4 Å². The van der Waals surface area contributed by atoms with E-state index in [1.807, 2.05) is 37.3 Å². The number of nitrogens with zero attached hydrogens (tertiary/aromatic N) is 2. The van der Waals surface area contributed by atoms with Gasteiger partial charge in [0.25, 0.3) is 5.69 Å². The standard InChI is InChI=1S/C19H19N3O5/c1-13-11-21(12-17(27-13)14-6-3-2-4-7-14)19(24)18(23)20-15-8-5-9-16(10-15)22(25)26/h2-10,13,17H,11-12H2,1H3,(H,20,23)/t13-,17+/m1/s1. The highest BCUT2D eigenvalue weighted by atomic mass is 16.6. The predicted molar refractivity (Wildman–Crippen MR) is 98.0 cm³/mol. The highest BCUT2D eigenvalue weighted by molar-refractivity contribution is 6.39. The number of morpholine rings is 1. The summed E-state index contributed by atoms with van der Waals surface area (Å²) in [5, 5.41) is 13.3. The summed E-state index contributed by atoms with van der Waals surface area (Å²) >= 11 is 0. The van der Waals surface area contributed by atoms with E-state index in [0.29, 0.717) is 6.54 Å². The van der Waals surface area contributed by atoms with Crippen LogP contribution in [0.4, 0.5) is 11.4 Å². The van der Waals surface area contributed by atoms with Crippen molar-refractivity contribution in [3.8, 4) is 0 Å². The topological polar surface area (TPSA) is 102 Å². The molecule has 1 N–H and O–H groups in total. The number of amides is 2. The molecule has 140 valence electrons. The van der Waals surface area contributed by atoms with E-state index in [9.17, 15) is 19.7 Å². The Bertz CT molecular complexity index is 855. The Hall–Kier alpha value is -3.26. The number of anilines is 1. The number of non-ortho nitro benzene ring substituents is 1. The van der Waals surface area contributed by atoms with Crippen LogP contribution in [-0.4, -0.2) is 40.8 Å². The van der Waals surface area contributed by atoms with Crippen molar-refractivity contribution in [2.24, 2.45) is 0 Å². The van der Waals surface area contributed by atoms with E-state index in [0.717, 1.165) is 5.56 Å². The maximum absolute atomic E-state index is 12.6. The van der Waals surface area contributed by atoms with Gasteiger partial charge in [-0.1, -0.05) is 36.4 Å². The summed E-state index contributed by atoms with van der Waals surface area (Å²) in [7, 11) is 0. The second-order valence-corrected chi connectivity index (χ2v) is 6.32. The highest BCUT2D eigenvalue weighted by Gasteiger charge is 2.32. The van der Waals surface area contributed by atoms with Gasteiger partial charge in [0, 0.05) is 24.4 Å². The molecule has 1 saturated heterocycles. The molecule has 0 radical (unpaired) electrons. The first-order valence-electron chi connectivity index (χ1n) is 8.49. The smallest absolute Gasteiger partial charge is 0.313 e. The van der Waals surface area contributed by atoms with E-state index in [-0.39, 0.29) is 30.1 Å². The van der Waals surface area contributed by atoms with Crippen LogP contribution in [0.15, 0.2) is 54.6 Å². The molecule has 2 atom stereocenters. The van der Waals surface area contributed by atoms with Crippen LogP contribution in [0.3, 0.4) is 0 Å². The average molecular weight is 369 g/mol. The van der Waals surface area contributed by atoms with Crippen molar-refractivity contribution < 1.29 is 19.2 Å². The van der Waals surface area contributed by atoms with Gasteiger partial charge < -0.3 is 15.0 Å². The summed E-state index contributed by atoms with van der Waals surface area (Å²) in [6.07, 6.45) is -0.539. The molecule has 27 heavy (non-hydrogen) atoms. The maximum Gasteiger partial charge on any atom is 0.313 e. The number of hydrogen-bond acceptors (Lipinski definition) is 5. The zero-order valence-electron chi connectivity index (χ0n) is 14.7. The summed E-state index contributed by atoms with van der Waals surface area (Å²) in [6, 6.07) is 14.9. The average Bonchev–Trinajstić information content (AvgIpc) is 2.67. The summed E-state index contributed by atoms with van der Waals surface area (Å²) in [5.41, 5.74) is 0.966. The lowest BCUT2D eigenvalue weighted by Gasteiger charge is -2.36. The van der Waals surface area contributed by atoms with Crippen molar-refractivity contribution in [1.29, 1.82) is 0 Å². The van der Waals surface area contributed by atoms with Gasteiger partial charge in [-0.05, 0) is 18.6 Å². The van der Waals surface area contributed by atoms with E-state index >= 15 is 0 Å². The van der Waals surface area contributed by atoms with E-state index < -0.39 is 16.7 Å². The molecule has 0 spiro atoms. The van der Waals surface area contributed by atoms with Gasteiger partial charge in [-0.15, -0.1) is 0 Å². The van der Waals surface area contributed by atoms with Crippen LogP contribution in [0.2, 0.25) is 0 Å². The van der Waals surface area contributed by atoms with Crippen LogP contribution < -0.4 is 5.32 Å². The van der Waals surface area contributed by atoms with Crippen LogP contribution in [-0.2, 0) is 14.3 Å². The molecule has 2 aromatic carbocycles. The van der Waals surface area contributed by atoms with Gasteiger partial charge in [0.1, 0.15) is 6.10 Å². The Kier molecular flexibility index (Phi) is 5.46. The number of rotatable bonds is 3. The number of ether oxygens (including phenoxy) is 1. The van der Waals surface area contributed by atoms with Gasteiger partial charge in [-0.2, -0.15) is 0 Å². The number of nitro groups is 1. The molecule has 0 aromatic heterocycles. The zero-order valence-corrected chi connectivity index (χ0v) is 14.7. The van der Waals surface area contributed by atoms with E-state index in [1.54, 1.807) is 0 Å². The molecule has 8 heteroatoms. The molecular formula is C19H19N3O5. The Morgan fingerprint density at radius 3 is 2.59 bits per heavy atom. The minimum absolute atomic E-state index is 0.163. The minimum Gasteiger partial charge on any atom is -0.367 e. The van der Waals surface area contributed by atoms with Crippen LogP contribution in [0.1, 0.15) is 18.6 Å². The molecule has 2 amide bonds.